The van der Waals surface area contributed by atoms with E-state index in [9.17, 15) is 5.11 Å². The lowest BCUT2D eigenvalue weighted by molar-refractivity contribution is 0.0644. The molecule has 1 saturated heterocycles. The zero-order valence-electron chi connectivity index (χ0n) is 14.8. The minimum absolute atomic E-state index is 0.0981. The third kappa shape index (κ3) is 6.58. The van der Waals surface area contributed by atoms with Gasteiger partial charge in [0.2, 0.25) is 0 Å². The van der Waals surface area contributed by atoms with Crippen LogP contribution in [-0.4, -0.2) is 34.2 Å². The van der Waals surface area contributed by atoms with Gasteiger partial charge in [-0.1, -0.05) is 40.7 Å². The molecule has 0 aliphatic carbocycles. The highest BCUT2D eigenvalue weighted by atomic mass is 16.3. The first-order valence-electron chi connectivity index (χ1n) is 8.57. The van der Waals surface area contributed by atoms with Crippen molar-refractivity contribution in [1.82, 2.24) is 9.88 Å². The van der Waals surface area contributed by atoms with Crippen molar-refractivity contribution in [1.29, 1.82) is 0 Å². The molecular weight excluding hydrogens is 260 g/mol. The molecule has 1 aromatic rings. The molecule has 0 spiro atoms. The maximum Gasteiger partial charge on any atom is 0.0564 e. The van der Waals surface area contributed by atoms with Gasteiger partial charge in [-0.2, -0.15) is 0 Å². The fourth-order valence-corrected chi connectivity index (χ4v) is 2.38. The number of likely N-dealkylation sites (tertiary alicyclic amines) is 1. The van der Waals surface area contributed by atoms with Gasteiger partial charge in [0.15, 0.2) is 0 Å². The van der Waals surface area contributed by atoms with Crippen LogP contribution in [0, 0.1) is 0 Å². The lowest BCUT2D eigenvalue weighted by Gasteiger charge is -2.34. The second kappa shape index (κ2) is 11.7. The predicted molar refractivity (Wildman–Crippen MR) is 91.5 cm³/mol. The van der Waals surface area contributed by atoms with Crippen LogP contribution in [0.4, 0.5) is 0 Å². The third-order valence-electron chi connectivity index (χ3n) is 3.74. The fraction of sp³-hybridized carbons (Fsp3) is 0.722. The van der Waals surface area contributed by atoms with E-state index in [0.29, 0.717) is 6.04 Å². The molecular formula is C18H34N2O. The van der Waals surface area contributed by atoms with Crippen LogP contribution in [-0.2, 0) is 6.42 Å². The topological polar surface area (TPSA) is 36.4 Å². The number of aryl methyl sites for hydroxylation is 1. The van der Waals surface area contributed by atoms with Crippen LogP contribution < -0.4 is 0 Å². The van der Waals surface area contributed by atoms with Crippen LogP contribution in [0.1, 0.15) is 71.7 Å². The van der Waals surface area contributed by atoms with Crippen LogP contribution in [0.25, 0.3) is 0 Å². The summed E-state index contributed by atoms with van der Waals surface area (Å²) in [6.07, 6.45) is 4.67. The molecule has 3 nitrogen and oxygen atoms in total. The van der Waals surface area contributed by atoms with Crippen molar-refractivity contribution in [2.45, 2.75) is 73.0 Å². The Labute approximate surface area is 131 Å². The highest BCUT2D eigenvalue weighted by Gasteiger charge is 2.22. The Kier molecular flexibility index (Phi) is 11.2. The molecule has 1 aliphatic rings. The van der Waals surface area contributed by atoms with Gasteiger partial charge in [0.25, 0.3) is 0 Å². The largest absolute Gasteiger partial charge is 0.393 e. The standard InChI is InChI=1S/C14H22N2O.2C2H6/c1-3-13-5-4-12(10-15-13)11(2)16-8-6-14(17)7-9-16;2*1-2/h4-5,10-11,14,17H,3,6-9H2,1-2H3;2*1-2H3. The number of pyridine rings is 1. The van der Waals surface area contributed by atoms with Gasteiger partial charge in [-0.25, -0.2) is 0 Å². The van der Waals surface area contributed by atoms with Crippen LogP contribution in [0.2, 0.25) is 0 Å². The molecule has 122 valence electrons. The van der Waals surface area contributed by atoms with E-state index in [4.69, 9.17) is 0 Å². The summed E-state index contributed by atoms with van der Waals surface area (Å²) in [5.41, 5.74) is 2.42. The van der Waals surface area contributed by atoms with E-state index in [1.54, 1.807) is 0 Å². The summed E-state index contributed by atoms with van der Waals surface area (Å²) in [5, 5.41) is 9.51. The van der Waals surface area contributed by atoms with Crippen molar-refractivity contribution in [2.24, 2.45) is 0 Å². The monoisotopic (exact) mass is 294 g/mol. The van der Waals surface area contributed by atoms with E-state index < -0.39 is 0 Å². The zero-order valence-corrected chi connectivity index (χ0v) is 14.8. The molecule has 2 heterocycles. The van der Waals surface area contributed by atoms with E-state index in [-0.39, 0.29) is 6.10 Å². The molecule has 21 heavy (non-hydrogen) atoms. The van der Waals surface area contributed by atoms with E-state index >= 15 is 0 Å². The number of rotatable bonds is 3. The Morgan fingerprint density at radius 3 is 2.19 bits per heavy atom. The van der Waals surface area contributed by atoms with Crippen molar-refractivity contribution >= 4 is 0 Å². The van der Waals surface area contributed by atoms with Crippen LogP contribution in [0.15, 0.2) is 18.3 Å². The average Bonchev–Trinajstić information content (AvgIpc) is 2.58. The SMILES string of the molecule is CC.CC.CCc1ccc(C(C)N2CCC(O)CC2)cn1. The Bertz CT molecular complexity index is 343. The number of aliphatic hydroxyl groups excluding tert-OH is 1. The average molecular weight is 294 g/mol. The molecule has 1 atom stereocenters. The molecule has 1 aliphatic heterocycles. The lowest BCUT2D eigenvalue weighted by atomic mass is 10.0. The first-order valence-corrected chi connectivity index (χ1v) is 8.57. The smallest absolute Gasteiger partial charge is 0.0564 e. The van der Waals surface area contributed by atoms with Crippen LogP contribution >= 0.6 is 0 Å². The van der Waals surface area contributed by atoms with Gasteiger partial charge in [0.05, 0.1) is 6.10 Å². The van der Waals surface area contributed by atoms with E-state index in [1.165, 1.54) is 5.56 Å². The first kappa shape index (κ1) is 20.1. The molecule has 0 aromatic carbocycles. The van der Waals surface area contributed by atoms with Gasteiger partial charge in [-0.15, -0.1) is 0 Å². The molecule has 0 amide bonds. The summed E-state index contributed by atoms with van der Waals surface area (Å²) in [5.74, 6) is 0. The number of hydrogen-bond acceptors (Lipinski definition) is 3. The summed E-state index contributed by atoms with van der Waals surface area (Å²) in [6, 6.07) is 4.70. The van der Waals surface area contributed by atoms with Gasteiger partial charge >= 0.3 is 0 Å². The Morgan fingerprint density at radius 1 is 1.19 bits per heavy atom. The quantitative estimate of drug-likeness (QED) is 0.907. The highest BCUT2D eigenvalue weighted by molar-refractivity contribution is 5.17. The fourth-order valence-electron chi connectivity index (χ4n) is 2.38. The number of aliphatic hydroxyl groups is 1. The van der Waals surface area contributed by atoms with Crippen molar-refractivity contribution in [3.63, 3.8) is 0 Å². The Hall–Kier alpha value is -0.930. The second-order valence-corrected chi connectivity index (χ2v) is 4.88. The normalized spacial score (nSPS) is 17.1. The molecule has 0 radical (unpaired) electrons. The molecule has 1 N–H and O–H groups in total. The van der Waals surface area contributed by atoms with Gasteiger partial charge in [-0.05, 0) is 37.8 Å². The third-order valence-corrected chi connectivity index (χ3v) is 3.74. The molecule has 1 aromatic heterocycles. The summed E-state index contributed by atoms with van der Waals surface area (Å²) in [6.45, 7) is 14.3. The van der Waals surface area contributed by atoms with E-state index in [0.717, 1.165) is 38.0 Å². The highest BCUT2D eigenvalue weighted by Crippen LogP contribution is 2.23. The van der Waals surface area contributed by atoms with Gasteiger partial charge in [0.1, 0.15) is 0 Å². The minimum atomic E-state index is -0.0981. The number of hydrogen-bond donors (Lipinski definition) is 1. The van der Waals surface area contributed by atoms with Crippen molar-refractivity contribution in [3.05, 3.63) is 29.6 Å². The van der Waals surface area contributed by atoms with Crippen molar-refractivity contribution in [3.8, 4) is 0 Å². The van der Waals surface area contributed by atoms with Gasteiger partial charge in [0, 0.05) is 31.0 Å². The van der Waals surface area contributed by atoms with Crippen molar-refractivity contribution < 1.29 is 5.11 Å². The number of nitrogens with zero attached hydrogens (tertiary/aromatic N) is 2. The minimum Gasteiger partial charge on any atom is -0.393 e. The molecule has 0 saturated carbocycles. The summed E-state index contributed by atoms with van der Waals surface area (Å²) in [4.78, 5) is 6.88. The maximum atomic E-state index is 9.51. The summed E-state index contributed by atoms with van der Waals surface area (Å²) in [7, 11) is 0. The summed E-state index contributed by atoms with van der Waals surface area (Å²) < 4.78 is 0. The van der Waals surface area contributed by atoms with E-state index in [1.807, 2.05) is 33.9 Å². The van der Waals surface area contributed by atoms with E-state index in [2.05, 4.69) is 35.9 Å². The van der Waals surface area contributed by atoms with Gasteiger partial charge in [-0.3, -0.25) is 9.88 Å². The molecule has 0 bridgehead atoms. The lowest BCUT2D eigenvalue weighted by Crippen LogP contribution is -2.37. The number of piperidine rings is 1. The summed E-state index contributed by atoms with van der Waals surface area (Å²) >= 11 is 0. The first-order chi connectivity index (χ1) is 10.2. The Morgan fingerprint density at radius 2 is 1.76 bits per heavy atom. The number of aromatic nitrogens is 1. The molecule has 3 heteroatoms. The Balaban J connectivity index is 0.000000921. The maximum absolute atomic E-state index is 9.51. The molecule has 1 fully saturated rings. The van der Waals surface area contributed by atoms with Crippen LogP contribution in [0.3, 0.4) is 0 Å². The van der Waals surface area contributed by atoms with Crippen molar-refractivity contribution in [2.75, 3.05) is 13.1 Å². The second-order valence-electron chi connectivity index (χ2n) is 4.88. The van der Waals surface area contributed by atoms with Crippen LogP contribution in [0.5, 0.6) is 0 Å². The molecule has 2 rings (SSSR count). The predicted octanol–water partition coefficient (Wildman–Crippen LogP) is 4.21. The van der Waals surface area contributed by atoms with Gasteiger partial charge < -0.3 is 5.11 Å². The zero-order chi connectivity index (χ0) is 16.3. The molecule has 1 unspecified atom stereocenters.